The van der Waals surface area contributed by atoms with Gasteiger partial charge in [0.2, 0.25) is 0 Å². The highest BCUT2D eigenvalue weighted by molar-refractivity contribution is 5.90. The molecule has 130 valence electrons. The minimum absolute atomic E-state index is 0.423. The van der Waals surface area contributed by atoms with E-state index in [1.165, 1.54) is 0 Å². The third kappa shape index (κ3) is 2.83. The number of carbonyl (C=O) groups is 1. The zero-order chi connectivity index (χ0) is 18.1. The second-order valence-electron chi connectivity index (χ2n) is 5.94. The van der Waals surface area contributed by atoms with Crippen molar-refractivity contribution in [3.05, 3.63) is 72.7 Å². The first-order chi connectivity index (χ1) is 12.6. The molecule has 1 aromatic carbocycles. The maximum absolute atomic E-state index is 12.6. The summed E-state index contributed by atoms with van der Waals surface area (Å²) >= 11 is 0. The van der Waals surface area contributed by atoms with Crippen molar-refractivity contribution in [3.63, 3.8) is 0 Å². The van der Waals surface area contributed by atoms with Crippen molar-refractivity contribution in [1.82, 2.24) is 24.1 Å². The normalized spacial score (nSPS) is 12.2. The van der Waals surface area contributed by atoms with E-state index in [9.17, 15) is 4.79 Å². The molecule has 0 unspecified atom stereocenters. The van der Waals surface area contributed by atoms with Crippen LogP contribution in [0.5, 0.6) is 0 Å². The largest absolute Gasteiger partial charge is 0.451 e. The number of para-hydroxylation sites is 2. The number of pyridine rings is 1. The van der Waals surface area contributed by atoms with Crippen LogP contribution in [-0.4, -0.2) is 30.1 Å². The van der Waals surface area contributed by atoms with E-state index in [-0.39, 0.29) is 0 Å². The number of rotatable bonds is 4. The molecule has 0 N–H and O–H groups in total. The molecule has 0 bridgehead atoms. The van der Waals surface area contributed by atoms with Crippen LogP contribution in [0.1, 0.15) is 29.2 Å². The van der Waals surface area contributed by atoms with E-state index in [1.54, 1.807) is 41.6 Å². The first kappa shape index (κ1) is 16.0. The van der Waals surface area contributed by atoms with E-state index < -0.39 is 12.1 Å². The number of ether oxygens (including phenoxy) is 1. The smallest absolute Gasteiger partial charge is 0.339 e. The molecular weight excluding hydrogens is 330 g/mol. The van der Waals surface area contributed by atoms with E-state index in [4.69, 9.17) is 4.74 Å². The van der Waals surface area contributed by atoms with Gasteiger partial charge in [0.05, 0.1) is 16.6 Å². The van der Waals surface area contributed by atoms with Crippen LogP contribution < -0.4 is 0 Å². The van der Waals surface area contributed by atoms with E-state index >= 15 is 0 Å². The highest BCUT2D eigenvalue weighted by Crippen LogP contribution is 2.22. The zero-order valence-corrected chi connectivity index (χ0v) is 14.4. The highest BCUT2D eigenvalue weighted by atomic mass is 16.5. The molecule has 0 saturated heterocycles. The average Bonchev–Trinajstić information content (AvgIpc) is 3.31. The van der Waals surface area contributed by atoms with Gasteiger partial charge in [0.25, 0.3) is 0 Å². The van der Waals surface area contributed by atoms with Gasteiger partial charge in [0.15, 0.2) is 11.9 Å². The van der Waals surface area contributed by atoms with E-state index in [0.717, 1.165) is 11.0 Å². The van der Waals surface area contributed by atoms with Crippen LogP contribution in [0.4, 0.5) is 0 Å². The van der Waals surface area contributed by atoms with Gasteiger partial charge < -0.3 is 9.30 Å². The number of aromatic nitrogens is 5. The van der Waals surface area contributed by atoms with Crippen LogP contribution in [0.25, 0.3) is 16.9 Å². The van der Waals surface area contributed by atoms with Gasteiger partial charge in [0, 0.05) is 25.6 Å². The van der Waals surface area contributed by atoms with Gasteiger partial charge in [-0.05, 0) is 31.2 Å². The molecule has 3 aromatic heterocycles. The maximum Gasteiger partial charge on any atom is 0.339 e. The Morgan fingerprint density at radius 1 is 1.19 bits per heavy atom. The van der Waals surface area contributed by atoms with Crippen LogP contribution in [0, 0.1) is 0 Å². The molecule has 7 heteroatoms. The third-order valence-corrected chi connectivity index (χ3v) is 4.22. The van der Waals surface area contributed by atoms with Gasteiger partial charge in [-0.2, -0.15) is 0 Å². The number of hydrogen-bond donors (Lipinski definition) is 0. The molecule has 0 radical (unpaired) electrons. The van der Waals surface area contributed by atoms with Gasteiger partial charge in [-0.1, -0.05) is 12.1 Å². The Morgan fingerprint density at radius 3 is 2.81 bits per heavy atom. The molecule has 0 amide bonds. The fourth-order valence-corrected chi connectivity index (χ4v) is 2.89. The maximum atomic E-state index is 12.6. The Labute approximate surface area is 149 Å². The Morgan fingerprint density at radius 2 is 2.04 bits per heavy atom. The predicted octanol–water partition coefficient (Wildman–Crippen LogP) is 3.07. The second kappa shape index (κ2) is 6.44. The summed E-state index contributed by atoms with van der Waals surface area (Å²) in [6.45, 7) is 1.82. The Hall–Kier alpha value is -3.48. The molecule has 4 aromatic rings. The summed E-state index contributed by atoms with van der Waals surface area (Å²) in [5, 5.41) is 0. The van der Waals surface area contributed by atoms with Gasteiger partial charge in [-0.15, -0.1) is 0 Å². The summed E-state index contributed by atoms with van der Waals surface area (Å²) in [5.74, 6) is 0.879. The predicted molar refractivity (Wildman–Crippen MR) is 95.9 cm³/mol. The topological polar surface area (TPSA) is 74.8 Å². The molecule has 1 atom stereocenters. The molecule has 0 fully saturated rings. The van der Waals surface area contributed by atoms with Crippen molar-refractivity contribution in [2.75, 3.05) is 0 Å². The van der Waals surface area contributed by atoms with Gasteiger partial charge in [-0.25, -0.2) is 19.7 Å². The summed E-state index contributed by atoms with van der Waals surface area (Å²) in [7, 11) is 1.92. The lowest BCUT2D eigenvalue weighted by Gasteiger charge is -2.13. The standard InChI is InChI=1S/C19H17N5O2/c1-13(18-22-15-5-3-4-6-16(15)23(18)2)26-19(25)14-7-8-21-17(11-14)24-10-9-20-12-24/h3-13H,1-2H3/t13-/m0/s1. The molecule has 4 rings (SSSR count). The first-order valence-corrected chi connectivity index (χ1v) is 8.20. The van der Waals surface area contributed by atoms with E-state index in [1.807, 2.05) is 42.8 Å². The lowest BCUT2D eigenvalue weighted by atomic mass is 10.2. The molecule has 0 aliphatic carbocycles. The number of esters is 1. The van der Waals surface area contributed by atoms with Crippen molar-refractivity contribution in [1.29, 1.82) is 0 Å². The Bertz CT molecular complexity index is 1070. The average molecular weight is 347 g/mol. The Kier molecular flexibility index (Phi) is 3.96. The summed E-state index contributed by atoms with van der Waals surface area (Å²) in [6.07, 6.45) is 6.13. The number of benzene rings is 1. The molecule has 0 saturated carbocycles. The SMILES string of the molecule is C[C@H](OC(=O)c1ccnc(-n2ccnc2)c1)c1nc2ccccc2n1C. The minimum Gasteiger partial charge on any atom is -0.451 e. The highest BCUT2D eigenvalue weighted by Gasteiger charge is 2.19. The van der Waals surface area contributed by atoms with Crippen molar-refractivity contribution < 1.29 is 9.53 Å². The van der Waals surface area contributed by atoms with E-state index in [0.29, 0.717) is 17.2 Å². The summed E-state index contributed by atoms with van der Waals surface area (Å²) in [4.78, 5) is 25.4. The van der Waals surface area contributed by atoms with Crippen molar-refractivity contribution in [3.8, 4) is 5.82 Å². The lowest BCUT2D eigenvalue weighted by molar-refractivity contribution is 0.0315. The molecule has 0 aliphatic heterocycles. The van der Waals surface area contributed by atoms with Gasteiger partial charge in [0.1, 0.15) is 12.1 Å². The van der Waals surface area contributed by atoms with E-state index in [2.05, 4.69) is 15.0 Å². The van der Waals surface area contributed by atoms with Gasteiger partial charge in [-0.3, -0.25) is 4.57 Å². The second-order valence-corrected chi connectivity index (χ2v) is 5.94. The molecule has 7 nitrogen and oxygen atoms in total. The molecule has 0 aliphatic rings. The molecule has 0 spiro atoms. The summed E-state index contributed by atoms with van der Waals surface area (Å²) < 4.78 is 9.30. The molecule has 26 heavy (non-hydrogen) atoms. The van der Waals surface area contributed by atoms with Crippen LogP contribution in [0.2, 0.25) is 0 Å². The molecule has 3 heterocycles. The van der Waals surface area contributed by atoms with Crippen molar-refractivity contribution >= 4 is 17.0 Å². The minimum atomic E-state index is -0.482. The number of imidazole rings is 2. The number of hydrogen-bond acceptors (Lipinski definition) is 5. The Balaban J connectivity index is 1.57. The monoisotopic (exact) mass is 347 g/mol. The summed E-state index contributed by atoms with van der Waals surface area (Å²) in [6, 6.07) is 11.1. The van der Waals surface area contributed by atoms with Crippen molar-refractivity contribution in [2.24, 2.45) is 7.05 Å². The number of fused-ring (bicyclic) bond motifs is 1. The van der Waals surface area contributed by atoms with Crippen LogP contribution >= 0.6 is 0 Å². The number of carbonyl (C=O) groups excluding carboxylic acids is 1. The van der Waals surface area contributed by atoms with Crippen molar-refractivity contribution in [2.45, 2.75) is 13.0 Å². The number of nitrogens with zero attached hydrogens (tertiary/aromatic N) is 5. The quantitative estimate of drug-likeness (QED) is 0.530. The van der Waals surface area contributed by atoms with Crippen LogP contribution in [0.15, 0.2) is 61.3 Å². The fourth-order valence-electron chi connectivity index (χ4n) is 2.89. The molecular formula is C19H17N5O2. The van der Waals surface area contributed by atoms with Gasteiger partial charge >= 0.3 is 5.97 Å². The zero-order valence-electron chi connectivity index (χ0n) is 14.4. The fraction of sp³-hybridized carbons (Fsp3) is 0.158. The lowest BCUT2D eigenvalue weighted by Crippen LogP contribution is -2.13. The third-order valence-electron chi connectivity index (χ3n) is 4.22. The first-order valence-electron chi connectivity index (χ1n) is 8.20. The summed E-state index contributed by atoms with van der Waals surface area (Å²) in [5.41, 5.74) is 2.30. The number of aryl methyl sites for hydroxylation is 1. The van der Waals surface area contributed by atoms with Crippen LogP contribution in [-0.2, 0) is 11.8 Å². The van der Waals surface area contributed by atoms with Crippen LogP contribution in [0.3, 0.4) is 0 Å².